The third kappa shape index (κ3) is 2.87. The molecule has 2 N–H and O–H groups in total. The second-order valence-corrected chi connectivity index (χ2v) is 5.39. The molecule has 1 atom stereocenters. The Labute approximate surface area is 119 Å². The maximum absolute atomic E-state index is 12.1. The highest BCUT2D eigenvalue weighted by atomic mass is 79.9. The van der Waals surface area contributed by atoms with E-state index in [1.807, 2.05) is 19.9 Å². The van der Waals surface area contributed by atoms with E-state index in [2.05, 4.69) is 25.9 Å². The second-order valence-electron chi connectivity index (χ2n) is 4.47. The van der Waals surface area contributed by atoms with Crippen molar-refractivity contribution in [2.45, 2.75) is 26.2 Å². The van der Waals surface area contributed by atoms with E-state index in [1.165, 1.54) is 0 Å². The van der Waals surface area contributed by atoms with Crippen LogP contribution in [0.25, 0.3) is 11.1 Å². The van der Waals surface area contributed by atoms with E-state index < -0.39 is 0 Å². The van der Waals surface area contributed by atoms with Gasteiger partial charge < -0.3 is 10.1 Å². The molecule has 2 rings (SSSR count). The molecule has 1 unspecified atom stereocenters. The van der Waals surface area contributed by atoms with Gasteiger partial charge in [-0.3, -0.25) is 4.79 Å². The fourth-order valence-corrected chi connectivity index (χ4v) is 2.21. The van der Waals surface area contributed by atoms with Crippen LogP contribution in [0.2, 0.25) is 0 Å². The largest absolute Gasteiger partial charge is 0.493 e. The number of aromatic hydroxyl groups is 1. The zero-order chi connectivity index (χ0) is 14.0. The maximum atomic E-state index is 12.1. The van der Waals surface area contributed by atoms with Crippen LogP contribution in [-0.2, 0) is 0 Å². The fourth-order valence-electron chi connectivity index (χ4n) is 1.81. The molecule has 1 heterocycles. The Morgan fingerprint density at radius 1 is 1.47 bits per heavy atom. The standard InChI is InChI=1S/C14H15BrN2O2/c1-3-8(2)12-16-13(18)11(14(19)17-12)9-5-4-6-10(15)7-9/h4-8H,3H2,1-2H3,(H2,16,17,18,19). The molecule has 0 radical (unpaired) electrons. The Morgan fingerprint density at radius 3 is 2.79 bits per heavy atom. The third-order valence-electron chi connectivity index (χ3n) is 3.11. The van der Waals surface area contributed by atoms with Crippen LogP contribution in [-0.4, -0.2) is 15.1 Å². The molecule has 19 heavy (non-hydrogen) atoms. The summed E-state index contributed by atoms with van der Waals surface area (Å²) in [5, 5.41) is 10.0. The molecule has 4 nitrogen and oxygen atoms in total. The normalized spacial score (nSPS) is 12.4. The van der Waals surface area contributed by atoms with E-state index in [4.69, 9.17) is 0 Å². The molecular formula is C14H15BrN2O2. The molecule has 1 aromatic carbocycles. The van der Waals surface area contributed by atoms with Crippen LogP contribution < -0.4 is 5.56 Å². The molecule has 100 valence electrons. The average molecular weight is 323 g/mol. The highest BCUT2D eigenvalue weighted by Crippen LogP contribution is 2.27. The molecule has 0 aliphatic heterocycles. The van der Waals surface area contributed by atoms with Crippen molar-refractivity contribution in [3.8, 4) is 17.0 Å². The number of nitrogens with one attached hydrogen (secondary N) is 1. The summed E-state index contributed by atoms with van der Waals surface area (Å²) in [4.78, 5) is 19.0. The highest BCUT2D eigenvalue weighted by Gasteiger charge is 2.15. The zero-order valence-electron chi connectivity index (χ0n) is 10.8. The summed E-state index contributed by atoms with van der Waals surface area (Å²) < 4.78 is 0.842. The summed E-state index contributed by atoms with van der Waals surface area (Å²) in [5.41, 5.74) is 0.519. The number of rotatable bonds is 3. The minimum absolute atomic E-state index is 0.107. The van der Waals surface area contributed by atoms with Crippen molar-refractivity contribution in [1.29, 1.82) is 0 Å². The number of hydrogen-bond acceptors (Lipinski definition) is 3. The van der Waals surface area contributed by atoms with E-state index in [0.29, 0.717) is 11.4 Å². The summed E-state index contributed by atoms with van der Waals surface area (Å²) in [6, 6.07) is 7.20. The van der Waals surface area contributed by atoms with Crippen molar-refractivity contribution >= 4 is 15.9 Å². The minimum atomic E-state index is -0.319. The maximum Gasteiger partial charge on any atom is 0.262 e. The Balaban J connectivity index is 2.57. The lowest BCUT2D eigenvalue weighted by molar-refractivity contribution is 0.446. The van der Waals surface area contributed by atoms with Crippen LogP contribution in [0.1, 0.15) is 32.0 Å². The molecular weight excluding hydrogens is 308 g/mol. The summed E-state index contributed by atoms with van der Waals surface area (Å²) >= 11 is 3.34. The van der Waals surface area contributed by atoms with Gasteiger partial charge in [-0.1, -0.05) is 41.9 Å². The average Bonchev–Trinajstić information content (AvgIpc) is 2.37. The van der Waals surface area contributed by atoms with Crippen LogP contribution in [0.3, 0.4) is 0 Å². The second kappa shape index (κ2) is 5.57. The van der Waals surface area contributed by atoms with Crippen LogP contribution in [0, 0.1) is 0 Å². The van der Waals surface area contributed by atoms with E-state index in [9.17, 15) is 9.90 Å². The van der Waals surface area contributed by atoms with Gasteiger partial charge in [0.25, 0.3) is 5.56 Å². The number of hydrogen-bond donors (Lipinski definition) is 2. The van der Waals surface area contributed by atoms with Gasteiger partial charge in [-0.05, 0) is 24.1 Å². The first-order chi connectivity index (χ1) is 9.02. The van der Waals surface area contributed by atoms with Crippen molar-refractivity contribution in [3.05, 3.63) is 44.9 Å². The number of benzene rings is 1. The van der Waals surface area contributed by atoms with Crippen molar-refractivity contribution in [3.63, 3.8) is 0 Å². The van der Waals surface area contributed by atoms with E-state index in [1.54, 1.807) is 18.2 Å². The van der Waals surface area contributed by atoms with E-state index in [0.717, 1.165) is 10.9 Å². The topological polar surface area (TPSA) is 66.0 Å². The van der Waals surface area contributed by atoms with Gasteiger partial charge in [0.05, 0.1) is 0 Å². The van der Waals surface area contributed by atoms with Gasteiger partial charge in [0, 0.05) is 10.4 Å². The molecule has 2 aromatic rings. The molecule has 0 bridgehead atoms. The van der Waals surface area contributed by atoms with Crippen LogP contribution in [0.5, 0.6) is 5.88 Å². The van der Waals surface area contributed by atoms with Gasteiger partial charge in [0.2, 0.25) is 5.88 Å². The minimum Gasteiger partial charge on any atom is -0.493 e. The predicted octanol–water partition coefficient (Wildman–Crippen LogP) is 3.42. The van der Waals surface area contributed by atoms with Gasteiger partial charge in [-0.2, -0.15) is 4.98 Å². The van der Waals surface area contributed by atoms with E-state index >= 15 is 0 Å². The Hall–Kier alpha value is -1.62. The lowest BCUT2D eigenvalue weighted by Crippen LogP contribution is -2.15. The fraction of sp³-hybridized carbons (Fsp3) is 0.286. The predicted molar refractivity (Wildman–Crippen MR) is 78.4 cm³/mol. The van der Waals surface area contributed by atoms with Crippen LogP contribution in [0.4, 0.5) is 0 Å². The first-order valence-corrected chi connectivity index (χ1v) is 6.91. The van der Waals surface area contributed by atoms with Gasteiger partial charge >= 0.3 is 0 Å². The molecule has 5 heteroatoms. The summed E-state index contributed by atoms with van der Waals surface area (Å²) in [6.45, 7) is 3.96. The molecule has 0 fully saturated rings. The molecule has 0 saturated carbocycles. The molecule has 0 saturated heterocycles. The first-order valence-electron chi connectivity index (χ1n) is 6.12. The highest BCUT2D eigenvalue weighted by molar-refractivity contribution is 9.10. The lowest BCUT2D eigenvalue weighted by atomic mass is 10.1. The number of H-pyrrole nitrogens is 1. The van der Waals surface area contributed by atoms with Crippen molar-refractivity contribution < 1.29 is 5.11 Å². The SMILES string of the molecule is CCC(C)c1nc(O)c(-c2cccc(Br)c2)c(=O)[nH]1. The third-order valence-corrected chi connectivity index (χ3v) is 3.60. The number of halogens is 1. The van der Waals surface area contributed by atoms with Gasteiger partial charge in [-0.15, -0.1) is 0 Å². The van der Waals surface area contributed by atoms with Crippen molar-refractivity contribution in [2.24, 2.45) is 0 Å². The first kappa shape index (κ1) is 13.8. The number of aromatic amines is 1. The Kier molecular flexibility index (Phi) is 4.04. The molecule has 1 aromatic heterocycles. The summed E-state index contributed by atoms with van der Waals surface area (Å²) in [5.74, 6) is 0.399. The van der Waals surface area contributed by atoms with Crippen molar-refractivity contribution in [2.75, 3.05) is 0 Å². The van der Waals surface area contributed by atoms with Crippen molar-refractivity contribution in [1.82, 2.24) is 9.97 Å². The summed E-state index contributed by atoms with van der Waals surface area (Å²) in [6.07, 6.45) is 0.846. The Morgan fingerprint density at radius 2 is 2.21 bits per heavy atom. The lowest BCUT2D eigenvalue weighted by Gasteiger charge is -2.10. The van der Waals surface area contributed by atoms with Gasteiger partial charge in [-0.25, -0.2) is 0 Å². The Bertz CT molecular complexity index is 652. The quantitative estimate of drug-likeness (QED) is 0.909. The molecule has 0 amide bonds. The van der Waals surface area contributed by atoms with Gasteiger partial charge in [0.15, 0.2) is 0 Å². The van der Waals surface area contributed by atoms with Crippen LogP contribution >= 0.6 is 15.9 Å². The zero-order valence-corrected chi connectivity index (χ0v) is 12.4. The molecule has 0 spiro atoms. The van der Waals surface area contributed by atoms with Gasteiger partial charge in [0.1, 0.15) is 11.4 Å². The number of aromatic nitrogens is 2. The number of nitrogens with zero attached hydrogens (tertiary/aromatic N) is 1. The molecule has 0 aliphatic rings. The monoisotopic (exact) mass is 322 g/mol. The van der Waals surface area contributed by atoms with E-state index in [-0.39, 0.29) is 22.9 Å². The summed E-state index contributed by atoms with van der Waals surface area (Å²) in [7, 11) is 0. The van der Waals surface area contributed by atoms with Crippen LogP contribution in [0.15, 0.2) is 33.5 Å². The molecule has 0 aliphatic carbocycles. The smallest absolute Gasteiger partial charge is 0.262 e.